The van der Waals surface area contributed by atoms with Gasteiger partial charge in [0.15, 0.2) is 5.65 Å². The minimum atomic E-state index is 0.334. The predicted molar refractivity (Wildman–Crippen MR) is 54.0 cm³/mol. The molecular weight excluding hydrogens is 174 g/mol. The molecule has 0 saturated carbocycles. The quantitative estimate of drug-likeness (QED) is 0.676. The second-order valence-electron chi connectivity index (χ2n) is 3.27. The first kappa shape index (κ1) is 7.50. The molecule has 2 aromatic heterocycles. The van der Waals surface area contributed by atoms with Crippen LogP contribution in [0.5, 0.6) is 0 Å². The molecular formula is C11H9N3. The van der Waals surface area contributed by atoms with Crippen molar-refractivity contribution >= 4 is 5.65 Å². The molecule has 0 amide bonds. The van der Waals surface area contributed by atoms with Gasteiger partial charge in [-0.3, -0.25) is 0 Å². The molecule has 68 valence electrons. The molecule has 14 heavy (non-hydrogen) atoms. The normalized spacial score (nSPS) is 15.7. The summed E-state index contributed by atoms with van der Waals surface area (Å²) >= 11 is 0. The van der Waals surface area contributed by atoms with E-state index in [-0.39, 0.29) is 0 Å². The average Bonchev–Trinajstić information content (AvgIpc) is 2.88. The van der Waals surface area contributed by atoms with Gasteiger partial charge in [-0.1, -0.05) is 24.3 Å². The van der Waals surface area contributed by atoms with Gasteiger partial charge in [0, 0.05) is 18.2 Å². The Morgan fingerprint density at radius 1 is 1.07 bits per heavy atom. The number of hydrogen-bond acceptors (Lipinski definition) is 2. The van der Waals surface area contributed by atoms with Gasteiger partial charge in [0.2, 0.25) is 0 Å². The lowest BCUT2D eigenvalue weighted by Gasteiger charge is -2.07. The van der Waals surface area contributed by atoms with Crippen LogP contribution in [-0.2, 0) is 0 Å². The Bertz CT molecular complexity index is 510. The lowest BCUT2D eigenvalue weighted by atomic mass is 10.1. The maximum atomic E-state index is 4.25. The van der Waals surface area contributed by atoms with Crippen LogP contribution in [0.1, 0.15) is 11.6 Å². The molecule has 0 radical (unpaired) electrons. The fourth-order valence-corrected chi connectivity index (χ4v) is 1.74. The van der Waals surface area contributed by atoms with Crippen LogP contribution < -0.4 is 0 Å². The molecule has 2 heterocycles. The van der Waals surface area contributed by atoms with Crippen molar-refractivity contribution in [1.82, 2.24) is 14.6 Å². The smallest absolute Gasteiger partial charge is 0.155 e. The van der Waals surface area contributed by atoms with Gasteiger partial charge in [-0.25, -0.2) is 9.50 Å². The zero-order valence-electron chi connectivity index (χ0n) is 7.54. The molecule has 0 aliphatic heterocycles. The maximum Gasteiger partial charge on any atom is 0.155 e. The fraction of sp³-hybridized carbons (Fsp3) is 0.0909. The summed E-state index contributed by atoms with van der Waals surface area (Å²) in [5.41, 5.74) is 2.06. The van der Waals surface area contributed by atoms with E-state index in [1.165, 1.54) is 0 Å². The molecule has 0 saturated heterocycles. The third-order valence-electron chi connectivity index (χ3n) is 2.41. The molecule has 1 aliphatic rings. The van der Waals surface area contributed by atoms with E-state index in [4.69, 9.17) is 0 Å². The molecule has 1 aliphatic carbocycles. The Labute approximate surface area is 81.4 Å². The van der Waals surface area contributed by atoms with E-state index in [2.05, 4.69) is 34.4 Å². The summed E-state index contributed by atoms with van der Waals surface area (Å²) in [6.45, 7) is 0. The Morgan fingerprint density at radius 2 is 1.93 bits per heavy atom. The highest BCUT2D eigenvalue weighted by Crippen LogP contribution is 2.22. The van der Waals surface area contributed by atoms with E-state index < -0.39 is 0 Å². The van der Waals surface area contributed by atoms with Gasteiger partial charge >= 0.3 is 0 Å². The largest absolute Gasteiger partial charge is 0.237 e. The molecule has 2 aromatic rings. The second-order valence-corrected chi connectivity index (χ2v) is 3.27. The van der Waals surface area contributed by atoms with Crippen molar-refractivity contribution in [1.29, 1.82) is 0 Å². The maximum absolute atomic E-state index is 4.25. The summed E-state index contributed by atoms with van der Waals surface area (Å²) < 4.78 is 1.88. The highest BCUT2D eigenvalue weighted by molar-refractivity contribution is 5.40. The van der Waals surface area contributed by atoms with Crippen LogP contribution in [0.3, 0.4) is 0 Å². The van der Waals surface area contributed by atoms with Gasteiger partial charge < -0.3 is 0 Å². The van der Waals surface area contributed by atoms with Crippen LogP contribution >= 0.6 is 0 Å². The van der Waals surface area contributed by atoms with Crippen LogP contribution in [0.2, 0.25) is 0 Å². The Hall–Kier alpha value is -1.90. The Morgan fingerprint density at radius 3 is 2.79 bits per heavy atom. The predicted octanol–water partition coefficient (Wildman–Crippen LogP) is 1.94. The van der Waals surface area contributed by atoms with E-state index in [0.29, 0.717) is 5.92 Å². The van der Waals surface area contributed by atoms with E-state index >= 15 is 0 Å². The van der Waals surface area contributed by atoms with Crippen LogP contribution in [0, 0.1) is 0 Å². The van der Waals surface area contributed by atoms with E-state index in [9.17, 15) is 0 Å². The molecule has 0 fully saturated rings. The zero-order valence-corrected chi connectivity index (χ0v) is 7.54. The molecule has 3 nitrogen and oxygen atoms in total. The standard InChI is InChI=1S/C11H9N3/c1-2-4-9(3-1)10-5-7-12-11-6-8-13-14(10)11/h1-9H. The molecule has 0 bridgehead atoms. The van der Waals surface area contributed by atoms with Crippen molar-refractivity contribution in [3.8, 4) is 0 Å². The van der Waals surface area contributed by atoms with Gasteiger partial charge in [-0.05, 0) is 6.07 Å². The number of rotatable bonds is 1. The summed E-state index contributed by atoms with van der Waals surface area (Å²) in [6.07, 6.45) is 12.0. The van der Waals surface area contributed by atoms with Crippen molar-refractivity contribution in [3.05, 3.63) is 54.5 Å². The molecule has 3 heteroatoms. The molecule has 3 rings (SSSR count). The first-order valence-corrected chi connectivity index (χ1v) is 4.59. The number of nitrogens with zero attached hydrogens (tertiary/aromatic N) is 3. The monoisotopic (exact) mass is 183 g/mol. The summed E-state index contributed by atoms with van der Waals surface area (Å²) in [4.78, 5) is 4.23. The minimum Gasteiger partial charge on any atom is -0.237 e. The van der Waals surface area contributed by atoms with Gasteiger partial charge in [0.05, 0.1) is 11.9 Å². The number of hydrogen-bond donors (Lipinski definition) is 0. The van der Waals surface area contributed by atoms with Crippen LogP contribution in [0.25, 0.3) is 5.65 Å². The molecule has 0 aromatic carbocycles. The average molecular weight is 183 g/mol. The van der Waals surface area contributed by atoms with Gasteiger partial charge in [-0.15, -0.1) is 0 Å². The van der Waals surface area contributed by atoms with Crippen molar-refractivity contribution in [2.24, 2.45) is 0 Å². The highest BCUT2D eigenvalue weighted by Gasteiger charge is 2.11. The second kappa shape index (κ2) is 2.80. The van der Waals surface area contributed by atoms with Gasteiger partial charge in [0.25, 0.3) is 0 Å². The Kier molecular flexibility index (Phi) is 1.50. The highest BCUT2D eigenvalue weighted by atomic mass is 15.2. The van der Waals surface area contributed by atoms with Crippen molar-refractivity contribution < 1.29 is 0 Å². The minimum absolute atomic E-state index is 0.334. The SMILES string of the molecule is C1=CC(c2ccnc3ccnn23)C=C1. The van der Waals surface area contributed by atoms with E-state index in [0.717, 1.165) is 11.3 Å². The zero-order chi connectivity index (χ0) is 9.38. The lowest BCUT2D eigenvalue weighted by Crippen LogP contribution is -2.01. The third kappa shape index (κ3) is 0.988. The number of allylic oxidation sites excluding steroid dienone is 4. The van der Waals surface area contributed by atoms with Crippen molar-refractivity contribution in [2.45, 2.75) is 5.92 Å². The van der Waals surface area contributed by atoms with Gasteiger partial charge in [0.1, 0.15) is 0 Å². The number of aromatic nitrogens is 3. The van der Waals surface area contributed by atoms with E-state index in [1.54, 1.807) is 6.20 Å². The fourth-order valence-electron chi connectivity index (χ4n) is 1.74. The topological polar surface area (TPSA) is 30.2 Å². The lowest BCUT2D eigenvalue weighted by molar-refractivity contribution is 0.837. The summed E-state index contributed by atoms with van der Waals surface area (Å²) in [5.74, 6) is 0.334. The van der Waals surface area contributed by atoms with Crippen LogP contribution in [-0.4, -0.2) is 14.6 Å². The molecule has 0 spiro atoms. The molecule has 0 atom stereocenters. The summed E-state index contributed by atoms with van der Waals surface area (Å²) in [6, 6.07) is 3.91. The summed E-state index contributed by atoms with van der Waals surface area (Å²) in [5, 5.41) is 4.25. The third-order valence-corrected chi connectivity index (χ3v) is 2.41. The summed E-state index contributed by atoms with van der Waals surface area (Å²) in [7, 11) is 0. The van der Waals surface area contributed by atoms with Crippen molar-refractivity contribution in [3.63, 3.8) is 0 Å². The number of fused-ring (bicyclic) bond motifs is 1. The molecule has 0 N–H and O–H groups in total. The first-order chi connectivity index (χ1) is 6.95. The Balaban J connectivity index is 2.24. The molecule has 0 unspecified atom stereocenters. The van der Waals surface area contributed by atoms with Crippen LogP contribution in [0.4, 0.5) is 0 Å². The van der Waals surface area contributed by atoms with Crippen LogP contribution in [0.15, 0.2) is 48.8 Å². The first-order valence-electron chi connectivity index (χ1n) is 4.59. The van der Waals surface area contributed by atoms with Crippen molar-refractivity contribution in [2.75, 3.05) is 0 Å². The van der Waals surface area contributed by atoms with Gasteiger partial charge in [-0.2, -0.15) is 5.10 Å². The van der Waals surface area contributed by atoms with E-state index in [1.807, 2.05) is 22.8 Å².